The normalized spacial score (nSPS) is 22.6. The van der Waals surface area contributed by atoms with Crippen molar-refractivity contribution in [2.24, 2.45) is 5.92 Å². The van der Waals surface area contributed by atoms with E-state index in [4.69, 9.17) is 4.74 Å². The molecule has 2 atom stereocenters. The molecule has 2 rings (SSSR count). The molecule has 116 valence electrons. The number of carbonyl (C=O) groups is 2. The second-order valence-corrected chi connectivity index (χ2v) is 8.03. The second kappa shape index (κ2) is 7.21. The van der Waals surface area contributed by atoms with Gasteiger partial charge in [-0.2, -0.15) is 0 Å². The molecule has 21 heavy (non-hydrogen) atoms. The molecule has 1 aromatic rings. The third kappa shape index (κ3) is 3.67. The molecule has 0 aliphatic carbocycles. The molecular weight excluding hydrogens is 426 g/mol. The van der Waals surface area contributed by atoms with Crippen LogP contribution in [0.15, 0.2) is 14.3 Å². The highest BCUT2D eigenvalue weighted by Gasteiger charge is 2.41. The number of carboxylic acid groups (broad SMARTS) is 1. The smallest absolute Gasteiger partial charge is 0.308 e. The number of carbonyl (C=O) groups excluding carboxylic acids is 1. The number of hydrogen-bond donors (Lipinski definition) is 1. The van der Waals surface area contributed by atoms with E-state index in [2.05, 4.69) is 31.9 Å². The van der Waals surface area contributed by atoms with Gasteiger partial charge in [0.2, 0.25) is 5.91 Å². The minimum Gasteiger partial charge on any atom is -0.481 e. The van der Waals surface area contributed by atoms with Gasteiger partial charge in [-0.25, -0.2) is 0 Å². The number of likely N-dealkylation sites (tertiary alicyclic amines) is 1. The molecule has 1 aliphatic rings. The summed E-state index contributed by atoms with van der Waals surface area (Å²) in [5.41, 5.74) is 0. The van der Waals surface area contributed by atoms with Crippen LogP contribution in [0.4, 0.5) is 0 Å². The zero-order chi connectivity index (χ0) is 15.6. The first-order valence-electron chi connectivity index (χ1n) is 6.41. The SMILES string of the molecule is COCCN1C(=O)CCC(C(=O)O)C1c1cc(Br)c(Br)s1. The van der Waals surface area contributed by atoms with Crippen molar-refractivity contribution >= 4 is 55.1 Å². The summed E-state index contributed by atoms with van der Waals surface area (Å²) in [4.78, 5) is 26.3. The zero-order valence-electron chi connectivity index (χ0n) is 11.3. The highest BCUT2D eigenvalue weighted by molar-refractivity contribution is 9.13. The molecule has 0 bridgehead atoms. The predicted molar refractivity (Wildman–Crippen MR) is 86.4 cm³/mol. The number of nitrogens with zero attached hydrogens (tertiary/aromatic N) is 1. The molecule has 0 radical (unpaired) electrons. The summed E-state index contributed by atoms with van der Waals surface area (Å²) in [5.74, 6) is -1.47. The zero-order valence-corrected chi connectivity index (χ0v) is 15.3. The van der Waals surface area contributed by atoms with Gasteiger partial charge in [-0.05, 0) is 44.3 Å². The Morgan fingerprint density at radius 1 is 1.57 bits per heavy atom. The Morgan fingerprint density at radius 3 is 2.81 bits per heavy atom. The minimum absolute atomic E-state index is 0.0183. The Labute approximate surface area is 143 Å². The van der Waals surface area contributed by atoms with Crippen LogP contribution in [0, 0.1) is 5.92 Å². The van der Waals surface area contributed by atoms with Gasteiger partial charge in [-0.1, -0.05) is 0 Å². The van der Waals surface area contributed by atoms with Crippen LogP contribution < -0.4 is 0 Å². The van der Waals surface area contributed by atoms with Crippen molar-refractivity contribution < 1.29 is 19.4 Å². The third-order valence-corrected chi connectivity index (χ3v) is 6.84. The van der Waals surface area contributed by atoms with E-state index in [1.54, 1.807) is 12.0 Å². The second-order valence-electron chi connectivity index (χ2n) is 4.78. The summed E-state index contributed by atoms with van der Waals surface area (Å²) in [5, 5.41) is 9.49. The van der Waals surface area contributed by atoms with Gasteiger partial charge in [0.1, 0.15) is 0 Å². The molecule has 0 saturated carbocycles. The van der Waals surface area contributed by atoms with Crippen LogP contribution in [0.2, 0.25) is 0 Å². The summed E-state index contributed by atoms with van der Waals surface area (Å²) >= 11 is 8.29. The first-order valence-corrected chi connectivity index (χ1v) is 8.82. The fraction of sp³-hybridized carbons (Fsp3) is 0.538. The van der Waals surface area contributed by atoms with Crippen molar-refractivity contribution in [1.82, 2.24) is 4.90 Å². The van der Waals surface area contributed by atoms with Gasteiger partial charge in [-0.3, -0.25) is 9.59 Å². The fourth-order valence-electron chi connectivity index (χ4n) is 2.53. The highest BCUT2D eigenvalue weighted by Crippen LogP contribution is 2.43. The van der Waals surface area contributed by atoms with Crippen molar-refractivity contribution in [3.8, 4) is 0 Å². The molecule has 8 heteroatoms. The summed E-state index contributed by atoms with van der Waals surface area (Å²) in [7, 11) is 1.57. The first kappa shape index (κ1) is 16.9. The number of amides is 1. The Bertz CT molecular complexity index is 529. The maximum absolute atomic E-state index is 12.2. The lowest BCUT2D eigenvalue weighted by atomic mass is 9.87. The van der Waals surface area contributed by atoms with Crippen LogP contribution in [-0.4, -0.2) is 42.1 Å². The topological polar surface area (TPSA) is 66.8 Å². The van der Waals surface area contributed by atoms with Crippen molar-refractivity contribution in [3.05, 3.63) is 19.2 Å². The average Bonchev–Trinajstić information content (AvgIpc) is 2.76. The Morgan fingerprint density at radius 2 is 2.29 bits per heavy atom. The predicted octanol–water partition coefficient (Wildman–Crippen LogP) is 3.28. The monoisotopic (exact) mass is 439 g/mol. The lowest BCUT2D eigenvalue weighted by molar-refractivity contribution is -0.152. The van der Waals surface area contributed by atoms with Gasteiger partial charge in [-0.15, -0.1) is 11.3 Å². The van der Waals surface area contributed by atoms with Crippen LogP contribution in [-0.2, 0) is 14.3 Å². The van der Waals surface area contributed by atoms with Crippen LogP contribution in [0.1, 0.15) is 23.8 Å². The Kier molecular flexibility index (Phi) is 5.81. The lowest BCUT2D eigenvalue weighted by Gasteiger charge is -2.38. The standard InChI is InChI=1S/C13H15Br2NO4S/c1-20-5-4-16-10(17)3-2-7(13(18)19)11(16)9-6-8(14)12(15)21-9/h6-7,11H,2-5H2,1H3,(H,18,19). The van der Waals surface area contributed by atoms with E-state index in [9.17, 15) is 14.7 Å². The third-order valence-electron chi connectivity index (χ3n) is 3.52. The molecule has 1 fully saturated rings. The van der Waals surface area contributed by atoms with E-state index < -0.39 is 17.9 Å². The van der Waals surface area contributed by atoms with E-state index in [-0.39, 0.29) is 12.3 Å². The molecule has 2 heterocycles. The number of carboxylic acids is 1. The number of halogens is 2. The Balaban J connectivity index is 2.38. The van der Waals surface area contributed by atoms with Gasteiger partial charge >= 0.3 is 5.97 Å². The van der Waals surface area contributed by atoms with E-state index in [1.165, 1.54) is 11.3 Å². The van der Waals surface area contributed by atoms with Crippen LogP contribution in [0.25, 0.3) is 0 Å². The van der Waals surface area contributed by atoms with Crippen LogP contribution in [0.3, 0.4) is 0 Å². The average molecular weight is 441 g/mol. The first-order chi connectivity index (χ1) is 9.95. The molecular formula is C13H15Br2NO4S. The van der Waals surface area contributed by atoms with E-state index in [0.717, 1.165) is 13.1 Å². The molecule has 2 unspecified atom stereocenters. The van der Waals surface area contributed by atoms with Crippen molar-refractivity contribution in [2.45, 2.75) is 18.9 Å². The van der Waals surface area contributed by atoms with E-state index >= 15 is 0 Å². The number of piperidine rings is 1. The molecule has 1 aromatic heterocycles. The maximum atomic E-state index is 12.2. The maximum Gasteiger partial charge on any atom is 0.308 e. The van der Waals surface area contributed by atoms with Gasteiger partial charge < -0.3 is 14.7 Å². The number of rotatable bonds is 5. The van der Waals surface area contributed by atoms with Gasteiger partial charge in [0.05, 0.1) is 22.4 Å². The number of thiophene rings is 1. The largest absolute Gasteiger partial charge is 0.481 e. The van der Waals surface area contributed by atoms with Gasteiger partial charge in [0.15, 0.2) is 0 Å². The van der Waals surface area contributed by atoms with Crippen molar-refractivity contribution in [2.75, 3.05) is 20.3 Å². The fourth-order valence-corrected chi connectivity index (χ4v) is 4.79. The van der Waals surface area contributed by atoms with E-state index in [1.807, 2.05) is 6.07 Å². The van der Waals surface area contributed by atoms with Crippen molar-refractivity contribution in [3.63, 3.8) is 0 Å². The van der Waals surface area contributed by atoms with Gasteiger partial charge in [0.25, 0.3) is 0 Å². The molecule has 1 saturated heterocycles. The number of aliphatic carboxylic acids is 1. The van der Waals surface area contributed by atoms with Crippen molar-refractivity contribution in [1.29, 1.82) is 0 Å². The summed E-state index contributed by atoms with van der Waals surface area (Å²) in [6.45, 7) is 0.791. The van der Waals surface area contributed by atoms with Gasteiger partial charge in [0, 0.05) is 29.4 Å². The molecule has 1 amide bonds. The van der Waals surface area contributed by atoms with E-state index in [0.29, 0.717) is 19.6 Å². The molecule has 5 nitrogen and oxygen atoms in total. The number of ether oxygens (including phenoxy) is 1. The Hall–Kier alpha value is -0.440. The summed E-state index contributed by atoms with van der Waals surface area (Å²) in [6.07, 6.45) is 0.639. The number of methoxy groups -OCH3 is 1. The highest BCUT2D eigenvalue weighted by atomic mass is 79.9. The minimum atomic E-state index is -0.865. The molecule has 1 N–H and O–H groups in total. The molecule has 1 aliphatic heterocycles. The van der Waals surface area contributed by atoms with Crippen LogP contribution >= 0.6 is 43.2 Å². The lowest BCUT2D eigenvalue weighted by Crippen LogP contribution is -2.46. The summed E-state index contributed by atoms with van der Waals surface area (Å²) < 4.78 is 6.81. The summed E-state index contributed by atoms with van der Waals surface area (Å²) in [6, 6.07) is 1.44. The van der Waals surface area contributed by atoms with Crippen LogP contribution in [0.5, 0.6) is 0 Å². The molecule has 0 aromatic carbocycles. The quantitative estimate of drug-likeness (QED) is 0.762. The molecule has 0 spiro atoms. The number of hydrogen-bond acceptors (Lipinski definition) is 4.